The summed E-state index contributed by atoms with van der Waals surface area (Å²) in [6, 6.07) is 1.81. The van der Waals surface area contributed by atoms with E-state index in [0.717, 1.165) is 12.8 Å². The Morgan fingerprint density at radius 1 is 1.75 bits per heavy atom. The van der Waals surface area contributed by atoms with Crippen LogP contribution >= 0.6 is 0 Å². The summed E-state index contributed by atoms with van der Waals surface area (Å²) < 4.78 is 12.4. The van der Waals surface area contributed by atoms with Crippen molar-refractivity contribution in [2.75, 3.05) is 0 Å². The lowest BCUT2D eigenvalue weighted by molar-refractivity contribution is 0.303. The summed E-state index contributed by atoms with van der Waals surface area (Å²) >= 11 is 0. The molecule has 8 heavy (non-hydrogen) atoms. The standard InChI is InChI=1S/C6H8FN/c7-6(3-4-8)5-1-2-5/h5-6H,1-3H2. The highest BCUT2D eigenvalue weighted by Crippen LogP contribution is 2.35. The lowest BCUT2D eigenvalue weighted by Gasteiger charge is -1.95. The van der Waals surface area contributed by atoms with Gasteiger partial charge >= 0.3 is 0 Å². The van der Waals surface area contributed by atoms with Gasteiger partial charge in [0.15, 0.2) is 0 Å². The summed E-state index contributed by atoms with van der Waals surface area (Å²) in [4.78, 5) is 0. The first-order valence-corrected chi connectivity index (χ1v) is 2.85. The molecule has 0 heterocycles. The molecule has 1 saturated carbocycles. The molecule has 0 bridgehead atoms. The molecular formula is C6H8FN. The molecule has 0 aromatic heterocycles. The van der Waals surface area contributed by atoms with E-state index in [0.29, 0.717) is 0 Å². The molecule has 1 fully saturated rings. The van der Waals surface area contributed by atoms with Gasteiger partial charge in [-0.3, -0.25) is 0 Å². The van der Waals surface area contributed by atoms with Gasteiger partial charge in [0.1, 0.15) is 6.17 Å². The summed E-state index contributed by atoms with van der Waals surface area (Å²) in [5.41, 5.74) is 0. The Kier molecular flexibility index (Phi) is 1.48. The third-order valence-corrected chi connectivity index (χ3v) is 1.42. The molecule has 0 N–H and O–H groups in total. The third-order valence-electron chi connectivity index (χ3n) is 1.42. The van der Waals surface area contributed by atoms with Gasteiger partial charge in [-0.25, -0.2) is 4.39 Å². The van der Waals surface area contributed by atoms with Crippen molar-refractivity contribution in [2.24, 2.45) is 5.92 Å². The second kappa shape index (κ2) is 2.13. The van der Waals surface area contributed by atoms with Crippen molar-refractivity contribution in [2.45, 2.75) is 25.4 Å². The van der Waals surface area contributed by atoms with Crippen LogP contribution in [0, 0.1) is 17.2 Å². The Hall–Kier alpha value is -0.580. The highest BCUT2D eigenvalue weighted by Gasteiger charge is 2.30. The van der Waals surface area contributed by atoms with Gasteiger partial charge in [0.2, 0.25) is 0 Å². The van der Waals surface area contributed by atoms with Gasteiger partial charge in [-0.2, -0.15) is 5.26 Å². The van der Waals surface area contributed by atoms with Gasteiger partial charge in [0.25, 0.3) is 0 Å². The Morgan fingerprint density at radius 2 is 2.38 bits per heavy atom. The SMILES string of the molecule is N#CCC(F)C1CC1. The van der Waals surface area contributed by atoms with E-state index >= 15 is 0 Å². The molecular weight excluding hydrogens is 105 g/mol. The highest BCUT2D eigenvalue weighted by atomic mass is 19.1. The minimum atomic E-state index is -0.833. The first-order valence-electron chi connectivity index (χ1n) is 2.85. The Bertz CT molecular complexity index is 112. The van der Waals surface area contributed by atoms with E-state index in [4.69, 9.17) is 5.26 Å². The van der Waals surface area contributed by atoms with E-state index in [2.05, 4.69) is 0 Å². The lowest BCUT2D eigenvalue weighted by atomic mass is 10.2. The maximum absolute atomic E-state index is 12.4. The topological polar surface area (TPSA) is 23.8 Å². The molecule has 1 aliphatic rings. The fraction of sp³-hybridized carbons (Fsp3) is 0.833. The molecule has 0 aromatic carbocycles. The summed E-state index contributed by atoms with van der Waals surface area (Å²) in [7, 11) is 0. The van der Waals surface area contributed by atoms with Gasteiger partial charge in [-0.1, -0.05) is 0 Å². The van der Waals surface area contributed by atoms with Crippen LogP contribution in [0.5, 0.6) is 0 Å². The quantitative estimate of drug-likeness (QED) is 0.534. The summed E-state index contributed by atoms with van der Waals surface area (Å²) in [6.07, 6.45) is 1.23. The van der Waals surface area contributed by atoms with E-state index in [1.807, 2.05) is 6.07 Å². The highest BCUT2D eigenvalue weighted by molar-refractivity contribution is 4.87. The van der Waals surface area contributed by atoms with Crippen LogP contribution in [-0.4, -0.2) is 6.17 Å². The second-order valence-electron chi connectivity index (χ2n) is 2.22. The third kappa shape index (κ3) is 1.19. The molecule has 44 valence electrons. The zero-order valence-corrected chi connectivity index (χ0v) is 4.60. The smallest absolute Gasteiger partial charge is 0.116 e. The van der Waals surface area contributed by atoms with Gasteiger partial charge in [0.05, 0.1) is 12.5 Å². The van der Waals surface area contributed by atoms with Gasteiger partial charge in [-0.05, 0) is 18.8 Å². The zero-order valence-electron chi connectivity index (χ0n) is 4.60. The number of hydrogen-bond donors (Lipinski definition) is 0. The molecule has 1 aliphatic carbocycles. The second-order valence-corrected chi connectivity index (χ2v) is 2.22. The average Bonchev–Trinajstić information content (AvgIpc) is 2.45. The van der Waals surface area contributed by atoms with Crippen molar-refractivity contribution in [1.29, 1.82) is 5.26 Å². The van der Waals surface area contributed by atoms with Crippen molar-refractivity contribution in [3.8, 4) is 6.07 Å². The Balaban J connectivity index is 2.15. The van der Waals surface area contributed by atoms with Crippen molar-refractivity contribution < 1.29 is 4.39 Å². The van der Waals surface area contributed by atoms with E-state index in [9.17, 15) is 4.39 Å². The normalized spacial score (nSPS) is 22.0. The van der Waals surface area contributed by atoms with Crippen molar-refractivity contribution in [3.05, 3.63) is 0 Å². The molecule has 0 aliphatic heterocycles. The molecule has 0 aromatic rings. The van der Waals surface area contributed by atoms with Gasteiger partial charge in [-0.15, -0.1) is 0 Å². The minimum absolute atomic E-state index is 0.0880. The summed E-state index contributed by atoms with van der Waals surface area (Å²) in [5.74, 6) is 0.231. The van der Waals surface area contributed by atoms with E-state index in [1.54, 1.807) is 0 Å². The number of alkyl halides is 1. The maximum Gasteiger partial charge on any atom is 0.116 e. The number of nitrogens with zero attached hydrogens (tertiary/aromatic N) is 1. The molecule has 1 unspecified atom stereocenters. The largest absolute Gasteiger partial charge is 0.246 e. The monoisotopic (exact) mass is 113 g/mol. The maximum atomic E-state index is 12.4. The van der Waals surface area contributed by atoms with E-state index in [1.165, 1.54) is 0 Å². The van der Waals surface area contributed by atoms with Crippen LogP contribution in [0.2, 0.25) is 0 Å². The van der Waals surface area contributed by atoms with E-state index in [-0.39, 0.29) is 12.3 Å². The predicted molar refractivity (Wildman–Crippen MR) is 27.8 cm³/mol. The lowest BCUT2D eigenvalue weighted by Crippen LogP contribution is -1.99. The first kappa shape index (κ1) is 5.55. The van der Waals surface area contributed by atoms with Crippen molar-refractivity contribution in [3.63, 3.8) is 0 Å². The van der Waals surface area contributed by atoms with Crippen LogP contribution in [-0.2, 0) is 0 Å². The van der Waals surface area contributed by atoms with Gasteiger partial charge < -0.3 is 0 Å². The van der Waals surface area contributed by atoms with Crippen LogP contribution in [0.3, 0.4) is 0 Å². The fourth-order valence-electron chi connectivity index (χ4n) is 0.712. The summed E-state index contributed by atoms with van der Waals surface area (Å²) in [5, 5.41) is 8.02. The first-order chi connectivity index (χ1) is 3.84. The molecule has 0 radical (unpaired) electrons. The number of halogens is 1. The van der Waals surface area contributed by atoms with Crippen LogP contribution in [0.4, 0.5) is 4.39 Å². The minimum Gasteiger partial charge on any atom is -0.246 e. The van der Waals surface area contributed by atoms with Crippen LogP contribution in [0.1, 0.15) is 19.3 Å². The van der Waals surface area contributed by atoms with Crippen LogP contribution < -0.4 is 0 Å². The molecule has 1 nitrogen and oxygen atoms in total. The van der Waals surface area contributed by atoms with Crippen molar-refractivity contribution in [1.82, 2.24) is 0 Å². The number of rotatable bonds is 2. The van der Waals surface area contributed by atoms with E-state index < -0.39 is 6.17 Å². The number of hydrogen-bond acceptors (Lipinski definition) is 1. The van der Waals surface area contributed by atoms with Crippen LogP contribution in [0.15, 0.2) is 0 Å². The summed E-state index contributed by atoms with van der Waals surface area (Å²) in [6.45, 7) is 0. The average molecular weight is 113 g/mol. The molecule has 0 saturated heterocycles. The molecule has 1 rings (SSSR count). The number of nitriles is 1. The van der Waals surface area contributed by atoms with Gasteiger partial charge in [0, 0.05) is 0 Å². The molecule has 1 atom stereocenters. The molecule has 0 amide bonds. The Labute approximate surface area is 48.1 Å². The van der Waals surface area contributed by atoms with Crippen molar-refractivity contribution >= 4 is 0 Å². The molecule has 0 spiro atoms. The fourth-order valence-corrected chi connectivity index (χ4v) is 0.712. The predicted octanol–water partition coefficient (Wildman–Crippen LogP) is 1.65. The molecule has 2 heteroatoms. The zero-order chi connectivity index (χ0) is 5.98. The van der Waals surface area contributed by atoms with Crippen LogP contribution in [0.25, 0.3) is 0 Å². The Morgan fingerprint density at radius 3 is 2.75 bits per heavy atom.